The topological polar surface area (TPSA) is 21.3 Å². The maximum absolute atomic E-state index is 12.9. The number of halogens is 2. The third-order valence-electron chi connectivity index (χ3n) is 2.52. The fraction of sp³-hybridized carbons (Fsp3) is 0.200. The van der Waals surface area contributed by atoms with Crippen molar-refractivity contribution in [3.8, 4) is 5.75 Å². The normalized spacial score (nSPS) is 10.2. The summed E-state index contributed by atoms with van der Waals surface area (Å²) in [6.45, 7) is 1.14. The van der Waals surface area contributed by atoms with Gasteiger partial charge in [-0.05, 0) is 30.7 Å². The Kier molecular flexibility index (Phi) is 4.72. The summed E-state index contributed by atoms with van der Waals surface area (Å²) in [5, 5.41) is 2.95. The summed E-state index contributed by atoms with van der Waals surface area (Å²) in [5.41, 5.74) is 0.442. The van der Waals surface area contributed by atoms with Gasteiger partial charge in [0.15, 0.2) is 0 Å². The van der Waals surface area contributed by atoms with Gasteiger partial charge in [0.05, 0.1) is 6.61 Å². The van der Waals surface area contributed by atoms with E-state index >= 15 is 0 Å². The zero-order chi connectivity index (χ0) is 13.5. The molecule has 2 rings (SSSR count). The Morgan fingerprint density at radius 3 is 2.32 bits per heavy atom. The molecule has 2 nitrogen and oxygen atoms in total. The molecular formula is C15H15F2NO. The van der Waals surface area contributed by atoms with Crippen molar-refractivity contribution < 1.29 is 13.5 Å². The van der Waals surface area contributed by atoms with Gasteiger partial charge in [0.1, 0.15) is 17.4 Å². The van der Waals surface area contributed by atoms with Crippen LogP contribution in [0.5, 0.6) is 5.75 Å². The number of hydrogen-bond donors (Lipinski definition) is 1. The number of hydrogen-bond acceptors (Lipinski definition) is 2. The molecule has 0 atom stereocenters. The van der Waals surface area contributed by atoms with Crippen LogP contribution < -0.4 is 10.1 Å². The maximum Gasteiger partial charge on any atom is 0.128 e. The zero-order valence-corrected chi connectivity index (χ0v) is 10.4. The van der Waals surface area contributed by atoms with Gasteiger partial charge in [-0.25, -0.2) is 8.78 Å². The van der Waals surface area contributed by atoms with Gasteiger partial charge < -0.3 is 10.1 Å². The van der Waals surface area contributed by atoms with Gasteiger partial charge in [0, 0.05) is 18.3 Å². The van der Waals surface area contributed by atoms with Crippen LogP contribution in [-0.2, 0) is 0 Å². The van der Waals surface area contributed by atoms with Crippen molar-refractivity contribution in [2.45, 2.75) is 6.42 Å². The molecule has 0 unspecified atom stereocenters. The monoisotopic (exact) mass is 263 g/mol. The van der Waals surface area contributed by atoms with Crippen LogP contribution in [0.1, 0.15) is 6.42 Å². The minimum Gasteiger partial charge on any atom is -0.494 e. The van der Waals surface area contributed by atoms with Gasteiger partial charge in [-0.15, -0.1) is 0 Å². The number of rotatable bonds is 6. The van der Waals surface area contributed by atoms with Crippen molar-refractivity contribution in [2.24, 2.45) is 0 Å². The van der Waals surface area contributed by atoms with Gasteiger partial charge in [-0.2, -0.15) is 0 Å². The van der Waals surface area contributed by atoms with E-state index in [1.807, 2.05) is 30.3 Å². The second-order valence-corrected chi connectivity index (χ2v) is 4.10. The van der Waals surface area contributed by atoms with Gasteiger partial charge in [0.25, 0.3) is 0 Å². The fourth-order valence-electron chi connectivity index (χ4n) is 1.67. The van der Waals surface area contributed by atoms with Gasteiger partial charge in [-0.3, -0.25) is 0 Å². The molecule has 0 saturated heterocycles. The highest BCUT2D eigenvalue weighted by Crippen LogP contribution is 2.13. The van der Waals surface area contributed by atoms with Crippen LogP contribution in [0, 0.1) is 11.6 Å². The van der Waals surface area contributed by atoms with E-state index < -0.39 is 11.6 Å². The lowest BCUT2D eigenvalue weighted by Crippen LogP contribution is -2.07. The Morgan fingerprint density at radius 2 is 1.63 bits per heavy atom. The molecule has 0 radical (unpaired) electrons. The maximum atomic E-state index is 12.9. The molecule has 0 heterocycles. The highest BCUT2D eigenvalue weighted by atomic mass is 19.1. The molecule has 0 spiro atoms. The summed E-state index contributed by atoms with van der Waals surface area (Å²) in [7, 11) is 0. The van der Waals surface area contributed by atoms with Crippen LogP contribution in [-0.4, -0.2) is 13.2 Å². The second-order valence-electron chi connectivity index (χ2n) is 4.10. The molecule has 0 aliphatic heterocycles. The van der Waals surface area contributed by atoms with E-state index in [1.165, 1.54) is 12.1 Å². The molecule has 2 aromatic carbocycles. The highest BCUT2D eigenvalue weighted by Gasteiger charge is 1.99. The summed E-state index contributed by atoms with van der Waals surface area (Å²) < 4.78 is 31.3. The van der Waals surface area contributed by atoms with E-state index in [4.69, 9.17) is 4.74 Å². The number of anilines is 1. The lowest BCUT2D eigenvalue weighted by Gasteiger charge is -2.08. The van der Waals surface area contributed by atoms with Gasteiger partial charge in [0.2, 0.25) is 0 Å². The van der Waals surface area contributed by atoms with Crippen LogP contribution in [0.15, 0.2) is 48.5 Å². The molecule has 0 amide bonds. The molecule has 19 heavy (non-hydrogen) atoms. The summed E-state index contributed by atoms with van der Waals surface area (Å²) >= 11 is 0. The summed E-state index contributed by atoms with van der Waals surface area (Å²) in [6, 6.07) is 12.9. The van der Waals surface area contributed by atoms with E-state index in [2.05, 4.69) is 5.32 Å². The highest BCUT2D eigenvalue weighted by molar-refractivity contribution is 5.43. The van der Waals surface area contributed by atoms with E-state index in [-0.39, 0.29) is 0 Å². The molecule has 0 aromatic heterocycles. The van der Waals surface area contributed by atoms with Gasteiger partial charge >= 0.3 is 0 Å². The Morgan fingerprint density at radius 1 is 0.947 bits per heavy atom. The molecule has 0 aliphatic rings. The van der Waals surface area contributed by atoms with Crippen molar-refractivity contribution in [3.63, 3.8) is 0 Å². The number of para-hydroxylation sites is 1. The quantitative estimate of drug-likeness (QED) is 0.799. The first-order chi connectivity index (χ1) is 9.24. The average molecular weight is 263 g/mol. The SMILES string of the molecule is Fc1cc(F)cc(NCCCOc2ccccc2)c1. The molecule has 0 aliphatic carbocycles. The predicted molar refractivity (Wildman–Crippen MR) is 71.4 cm³/mol. The van der Waals surface area contributed by atoms with E-state index in [9.17, 15) is 8.78 Å². The molecule has 0 saturated carbocycles. The van der Waals surface area contributed by atoms with Crippen molar-refractivity contribution in [3.05, 3.63) is 60.2 Å². The van der Waals surface area contributed by atoms with E-state index in [0.717, 1.165) is 18.2 Å². The largest absolute Gasteiger partial charge is 0.494 e. The molecule has 100 valence electrons. The third kappa shape index (κ3) is 4.58. The molecular weight excluding hydrogens is 248 g/mol. The van der Waals surface area contributed by atoms with Crippen LogP contribution >= 0.6 is 0 Å². The molecule has 2 aromatic rings. The molecule has 0 bridgehead atoms. The number of ether oxygens (including phenoxy) is 1. The Bertz CT molecular complexity index is 497. The van der Waals surface area contributed by atoms with E-state index in [0.29, 0.717) is 18.8 Å². The minimum atomic E-state index is -0.581. The van der Waals surface area contributed by atoms with Crippen LogP contribution in [0.4, 0.5) is 14.5 Å². The third-order valence-corrected chi connectivity index (χ3v) is 2.52. The Labute approximate surface area is 111 Å². The standard InChI is InChI=1S/C15H15F2NO/c16-12-9-13(17)11-14(10-12)18-7-4-8-19-15-5-2-1-3-6-15/h1-3,5-6,9-11,18H,4,7-8H2. The molecule has 0 fully saturated rings. The summed E-state index contributed by atoms with van der Waals surface area (Å²) in [6.07, 6.45) is 0.743. The van der Waals surface area contributed by atoms with Crippen molar-refractivity contribution >= 4 is 5.69 Å². The lowest BCUT2D eigenvalue weighted by molar-refractivity contribution is 0.315. The summed E-state index contributed by atoms with van der Waals surface area (Å²) in [5.74, 6) is -0.342. The van der Waals surface area contributed by atoms with Crippen LogP contribution in [0.3, 0.4) is 0 Å². The van der Waals surface area contributed by atoms with Crippen molar-refractivity contribution in [2.75, 3.05) is 18.5 Å². The average Bonchev–Trinajstić information content (AvgIpc) is 2.38. The first-order valence-electron chi connectivity index (χ1n) is 6.12. The summed E-state index contributed by atoms with van der Waals surface area (Å²) in [4.78, 5) is 0. The number of benzene rings is 2. The second kappa shape index (κ2) is 6.73. The van der Waals surface area contributed by atoms with Gasteiger partial charge in [-0.1, -0.05) is 18.2 Å². The minimum absolute atomic E-state index is 0.442. The van der Waals surface area contributed by atoms with Crippen LogP contribution in [0.2, 0.25) is 0 Å². The molecule has 4 heteroatoms. The van der Waals surface area contributed by atoms with Crippen LogP contribution in [0.25, 0.3) is 0 Å². The molecule has 1 N–H and O–H groups in total. The Balaban J connectivity index is 1.69. The number of nitrogens with one attached hydrogen (secondary N) is 1. The smallest absolute Gasteiger partial charge is 0.128 e. The first-order valence-corrected chi connectivity index (χ1v) is 6.12. The van der Waals surface area contributed by atoms with Crippen molar-refractivity contribution in [1.82, 2.24) is 0 Å². The first kappa shape index (κ1) is 13.3. The lowest BCUT2D eigenvalue weighted by atomic mass is 10.3. The Hall–Kier alpha value is -2.10. The predicted octanol–water partition coefficient (Wildman–Crippen LogP) is 3.85. The fourth-order valence-corrected chi connectivity index (χ4v) is 1.67. The van der Waals surface area contributed by atoms with Crippen molar-refractivity contribution in [1.29, 1.82) is 0 Å². The van der Waals surface area contributed by atoms with E-state index in [1.54, 1.807) is 0 Å². The zero-order valence-electron chi connectivity index (χ0n) is 10.4.